The van der Waals surface area contributed by atoms with E-state index < -0.39 is 4.92 Å². The smallest absolute Gasteiger partial charge is 0.320 e. The lowest BCUT2D eigenvalue weighted by molar-refractivity contribution is -0.382. The zero-order valence-electron chi connectivity index (χ0n) is 9.20. The molecule has 1 aromatic carbocycles. The summed E-state index contributed by atoms with van der Waals surface area (Å²) < 4.78 is 0. The number of benzene rings is 1. The highest BCUT2D eigenvalue weighted by molar-refractivity contribution is 6.14. The van der Waals surface area contributed by atoms with E-state index in [1.165, 1.54) is 6.20 Å². The lowest BCUT2D eigenvalue weighted by Crippen LogP contribution is -2.00. The molecule has 2 N–H and O–H groups in total. The number of aromatic nitrogens is 2. The van der Waals surface area contributed by atoms with Gasteiger partial charge in [-0.3, -0.25) is 15.1 Å². The van der Waals surface area contributed by atoms with Crippen LogP contribution >= 0.6 is 0 Å². The fourth-order valence-electron chi connectivity index (χ4n) is 2.07. The first kappa shape index (κ1) is 10.4. The summed E-state index contributed by atoms with van der Waals surface area (Å²) in [5.41, 5.74) is 6.44. The summed E-state index contributed by atoms with van der Waals surface area (Å²) in [4.78, 5) is 18.8. The second-order valence-corrected chi connectivity index (χ2v) is 3.82. The summed E-state index contributed by atoms with van der Waals surface area (Å²) in [5.74, 6) is 0. The first-order valence-corrected chi connectivity index (χ1v) is 5.25. The molecular formula is C12H8N4O2. The molecule has 2 aromatic heterocycles. The molecule has 0 bridgehead atoms. The van der Waals surface area contributed by atoms with Gasteiger partial charge in [0.05, 0.1) is 4.92 Å². The Balaban J connectivity index is 2.66. The zero-order valence-corrected chi connectivity index (χ0v) is 9.20. The maximum Gasteiger partial charge on any atom is 0.320 e. The van der Waals surface area contributed by atoms with Gasteiger partial charge in [-0.25, -0.2) is 4.98 Å². The van der Waals surface area contributed by atoms with E-state index in [1.54, 1.807) is 24.4 Å². The molecule has 2 heterocycles. The van der Waals surface area contributed by atoms with E-state index in [1.807, 2.05) is 6.07 Å². The van der Waals surface area contributed by atoms with Crippen LogP contribution in [0, 0.1) is 10.1 Å². The lowest BCUT2D eigenvalue weighted by Gasteiger charge is -2.06. The molecule has 0 aliphatic heterocycles. The molecular weight excluding hydrogens is 232 g/mol. The van der Waals surface area contributed by atoms with Crippen LogP contribution in [0.2, 0.25) is 0 Å². The molecule has 0 saturated carbocycles. The highest BCUT2D eigenvalue weighted by Gasteiger charge is 2.22. The van der Waals surface area contributed by atoms with Crippen molar-refractivity contribution in [3.05, 3.63) is 46.8 Å². The molecule has 0 aliphatic rings. The minimum Gasteiger partial charge on any atom is -0.391 e. The van der Waals surface area contributed by atoms with Gasteiger partial charge in [0.15, 0.2) is 5.52 Å². The predicted octanol–water partition coefficient (Wildman–Crippen LogP) is 2.27. The number of hydrogen-bond donors (Lipinski definition) is 1. The van der Waals surface area contributed by atoms with Crippen LogP contribution in [0.25, 0.3) is 21.8 Å². The minimum absolute atomic E-state index is 0.0572. The fraction of sp³-hybridized carbons (Fsp3) is 0. The molecule has 0 radical (unpaired) electrons. The van der Waals surface area contributed by atoms with Gasteiger partial charge < -0.3 is 5.73 Å². The number of fused-ring (bicyclic) bond motifs is 3. The average Bonchev–Trinajstić information content (AvgIpc) is 2.39. The van der Waals surface area contributed by atoms with Crippen molar-refractivity contribution >= 4 is 33.2 Å². The van der Waals surface area contributed by atoms with E-state index in [2.05, 4.69) is 9.97 Å². The Kier molecular flexibility index (Phi) is 2.09. The molecule has 6 heteroatoms. The fourth-order valence-corrected chi connectivity index (χ4v) is 2.07. The van der Waals surface area contributed by atoms with Gasteiger partial charge in [0.25, 0.3) is 0 Å². The van der Waals surface area contributed by atoms with Crippen LogP contribution in [0.4, 0.5) is 11.4 Å². The number of nitrogens with zero attached hydrogens (tertiary/aromatic N) is 3. The molecule has 0 unspecified atom stereocenters. The molecule has 0 atom stereocenters. The van der Waals surface area contributed by atoms with Gasteiger partial charge in [-0.1, -0.05) is 12.1 Å². The first-order valence-electron chi connectivity index (χ1n) is 5.25. The number of nitrogens with two attached hydrogens (primary N) is 1. The second-order valence-electron chi connectivity index (χ2n) is 3.82. The number of nitrogen functional groups attached to an aromatic ring is 1. The highest BCUT2D eigenvalue weighted by Crippen LogP contribution is 2.37. The van der Waals surface area contributed by atoms with Gasteiger partial charge in [-0.2, -0.15) is 0 Å². The molecule has 88 valence electrons. The van der Waals surface area contributed by atoms with Crippen molar-refractivity contribution in [2.75, 3.05) is 5.73 Å². The SMILES string of the molecule is Nc1c([N+](=O)[O-])c2ncccc2c2cccnc12. The van der Waals surface area contributed by atoms with Crippen molar-refractivity contribution in [1.82, 2.24) is 9.97 Å². The summed E-state index contributed by atoms with van der Waals surface area (Å²) >= 11 is 0. The van der Waals surface area contributed by atoms with Crippen molar-refractivity contribution in [2.24, 2.45) is 0 Å². The summed E-state index contributed by atoms with van der Waals surface area (Å²) in [6.45, 7) is 0. The molecule has 6 nitrogen and oxygen atoms in total. The third kappa shape index (κ3) is 1.29. The first-order chi connectivity index (χ1) is 8.70. The van der Waals surface area contributed by atoms with E-state index in [9.17, 15) is 10.1 Å². The highest BCUT2D eigenvalue weighted by atomic mass is 16.6. The van der Waals surface area contributed by atoms with E-state index in [0.29, 0.717) is 16.4 Å². The maximum atomic E-state index is 11.1. The summed E-state index contributed by atoms with van der Waals surface area (Å²) in [6, 6.07) is 7.10. The number of nitro groups is 1. The Bertz CT molecular complexity index is 785. The average molecular weight is 240 g/mol. The van der Waals surface area contributed by atoms with Gasteiger partial charge >= 0.3 is 5.69 Å². The predicted molar refractivity (Wildman–Crippen MR) is 68.1 cm³/mol. The van der Waals surface area contributed by atoms with Crippen molar-refractivity contribution in [3.8, 4) is 0 Å². The monoisotopic (exact) mass is 240 g/mol. The van der Waals surface area contributed by atoms with E-state index in [0.717, 1.165) is 5.39 Å². The topological polar surface area (TPSA) is 94.9 Å². The third-order valence-corrected chi connectivity index (χ3v) is 2.82. The normalized spacial score (nSPS) is 10.9. The van der Waals surface area contributed by atoms with Crippen LogP contribution in [0.1, 0.15) is 0 Å². The number of rotatable bonds is 1. The van der Waals surface area contributed by atoms with Gasteiger partial charge in [-0.15, -0.1) is 0 Å². The second kappa shape index (κ2) is 3.63. The van der Waals surface area contributed by atoms with Crippen molar-refractivity contribution in [1.29, 1.82) is 0 Å². The van der Waals surface area contributed by atoms with Crippen LogP contribution < -0.4 is 5.73 Å². The Hall–Kier alpha value is -2.76. The molecule has 3 rings (SSSR count). The Morgan fingerprint density at radius 2 is 1.61 bits per heavy atom. The summed E-state index contributed by atoms with van der Waals surface area (Å²) in [7, 11) is 0. The van der Waals surface area contributed by atoms with Gasteiger partial charge in [-0.05, 0) is 12.1 Å². The quantitative estimate of drug-likeness (QED) is 0.304. The number of hydrogen-bond acceptors (Lipinski definition) is 5. The lowest BCUT2D eigenvalue weighted by atomic mass is 10.1. The maximum absolute atomic E-state index is 11.1. The Labute approximate surface area is 101 Å². The van der Waals surface area contributed by atoms with Crippen LogP contribution in [-0.4, -0.2) is 14.9 Å². The van der Waals surface area contributed by atoms with E-state index >= 15 is 0 Å². The molecule has 0 amide bonds. The number of nitro benzene ring substituents is 1. The van der Waals surface area contributed by atoms with E-state index in [4.69, 9.17) is 5.73 Å². The molecule has 0 spiro atoms. The molecule has 0 aliphatic carbocycles. The van der Waals surface area contributed by atoms with Crippen LogP contribution in [0.3, 0.4) is 0 Å². The molecule has 3 aromatic rings. The Morgan fingerprint density at radius 3 is 2.22 bits per heavy atom. The van der Waals surface area contributed by atoms with Crippen LogP contribution in [-0.2, 0) is 0 Å². The van der Waals surface area contributed by atoms with Crippen molar-refractivity contribution in [2.45, 2.75) is 0 Å². The van der Waals surface area contributed by atoms with Crippen molar-refractivity contribution < 1.29 is 4.92 Å². The zero-order chi connectivity index (χ0) is 12.7. The van der Waals surface area contributed by atoms with Gasteiger partial charge in [0.1, 0.15) is 11.2 Å². The largest absolute Gasteiger partial charge is 0.391 e. The van der Waals surface area contributed by atoms with Crippen LogP contribution in [0.15, 0.2) is 36.7 Å². The summed E-state index contributed by atoms with van der Waals surface area (Å²) in [6.07, 6.45) is 3.07. The van der Waals surface area contributed by atoms with Gasteiger partial charge in [0.2, 0.25) is 0 Å². The number of pyridine rings is 2. The molecule has 0 saturated heterocycles. The Morgan fingerprint density at radius 1 is 1.06 bits per heavy atom. The van der Waals surface area contributed by atoms with Crippen molar-refractivity contribution in [3.63, 3.8) is 0 Å². The minimum atomic E-state index is -0.515. The van der Waals surface area contributed by atoms with E-state index in [-0.39, 0.29) is 11.4 Å². The molecule has 0 fully saturated rings. The van der Waals surface area contributed by atoms with Crippen LogP contribution in [0.5, 0.6) is 0 Å². The summed E-state index contributed by atoms with van der Waals surface area (Å²) in [5, 5.41) is 12.6. The molecule has 18 heavy (non-hydrogen) atoms. The number of anilines is 1. The third-order valence-electron chi connectivity index (χ3n) is 2.82. The van der Waals surface area contributed by atoms with Gasteiger partial charge in [0, 0.05) is 23.2 Å². The standard InChI is InChI=1S/C12H8N4O2/c13-9-10-7(3-1-5-14-10)8-4-2-6-15-11(8)12(9)16(17)18/h1-6H,13H2.